The van der Waals surface area contributed by atoms with Gasteiger partial charge in [-0.05, 0) is 30.5 Å². The molecule has 0 spiro atoms. The van der Waals surface area contributed by atoms with E-state index in [1.54, 1.807) is 19.0 Å². The smallest absolute Gasteiger partial charge is 0.253 e. The SMILES string of the molecule is CN=C(NCc1ccc(C(=O)N(C)C)cc1)N1CCCC1. The second kappa shape index (κ2) is 7.11. The van der Waals surface area contributed by atoms with Crippen LogP contribution in [0.2, 0.25) is 0 Å². The van der Waals surface area contributed by atoms with E-state index in [0.29, 0.717) is 5.56 Å². The van der Waals surface area contributed by atoms with E-state index in [1.165, 1.54) is 12.8 Å². The molecule has 0 atom stereocenters. The first-order valence-corrected chi connectivity index (χ1v) is 7.38. The summed E-state index contributed by atoms with van der Waals surface area (Å²) in [5.41, 5.74) is 1.86. The van der Waals surface area contributed by atoms with Crippen molar-refractivity contribution in [3.63, 3.8) is 0 Å². The van der Waals surface area contributed by atoms with Crippen molar-refractivity contribution in [2.45, 2.75) is 19.4 Å². The molecule has 1 aliphatic rings. The molecule has 1 saturated heterocycles. The molecule has 0 aromatic heterocycles. The minimum Gasteiger partial charge on any atom is -0.352 e. The molecule has 1 aromatic rings. The molecule has 0 unspecified atom stereocenters. The molecule has 1 heterocycles. The molecule has 5 heteroatoms. The lowest BCUT2D eigenvalue weighted by Gasteiger charge is -2.20. The molecule has 1 N–H and O–H groups in total. The summed E-state index contributed by atoms with van der Waals surface area (Å²) >= 11 is 0. The molecule has 1 aromatic carbocycles. The summed E-state index contributed by atoms with van der Waals surface area (Å²) in [6.07, 6.45) is 2.48. The molecule has 1 aliphatic heterocycles. The molecule has 0 bridgehead atoms. The number of aliphatic imine (C=N–C) groups is 1. The number of guanidine groups is 1. The van der Waals surface area contributed by atoms with Gasteiger partial charge in [-0.3, -0.25) is 9.79 Å². The van der Waals surface area contributed by atoms with Crippen molar-refractivity contribution in [3.05, 3.63) is 35.4 Å². The van der Waals surface area contributed by atoms with Gasteiger partial charge in [0.15, 0.2) is 5.96 Å². The van der Waals surface area contributed by atoms with Crippen LogP contribution in [0.3, 0.4) is 0 Å². The fraction of sp³-hybridized carbons (Fsp3) is 0.500. The molecule has 0 saturated carbocycles. The van der Waals surface area contributed by atoms with Crippen LogP contribution in [0.5, 0.6) is 0 Å². The number of hydrogen-bond acceptors (Lipinski definition) is 2. The molecule has 1 fully saturated rings. The predicted molar refractivity (Wildman–Crippen MR) is 85.5 cm³/mol. The molecule has 0 aliphatic carbocycles. The van der Waals surface area contributed by atoms with Crippen molar-refractivity contribution in [1.82, 2.24) is 15.1 Å². The van der Waals surface area contributed by atoms with Crippen molar-refractivity contribution in [2.24, 2.45) is 4.99 Å². The normalized spacial score (nSPS) is 15.2. The monoisotopic (exact) mass is 288 g/mol. The van der Waals surface area contributed by atoms with Crippen LogP contribution in [-0.4, -0.2) is 55.9 Å². The summed E-state index contributed by atoms with van der Waals surface area (Å²) in [5.74, 6) is 0.989. The van der Waals surface area contributed by atoms with Crippen molar-refractivity contribution < 1.29 is 4.79 Å². The van der Waals surface area contributed by atoms with Gasteiger partial charge in [0.25, 0.3) is 5.91 Å². The van der Waals surface area contributed by atoms with Crippen molar-refractivity contribution in [3.8, 4) is 0 Å². The minimum atomic E-state index is 0.0300. The zero-order valence-electron chi connectivity index (χ0n) is 13.1. The lowest BCUT2D eigenvalue weighted by molar-refractivity contribution is 0.0827. The minimum absolute atomic E-state index is 0.0300. The fourth-order valence-corrected chi connectivity index (χ4v) is 2.47. The van der Waals surface area contributed by atoms with Crippen LogP contribution in [0.1, 0.15) is 28.8 Å². The summed E-state index contributed by atoms with van der Waals surface area (Å²) < 4.78 is 0. The first-order chi connectivity index (χ1) is 10.1. The lowest BCUT2D eigenvalue weighted by Crippen LogP contribution is -2.39. The largest absolute Gasteiger partial charge is 0.352 e. The van der Waals surface area contributed by atoms with Crippen molar-refractivity contribution in [2.75, 3.05) is 34.2 Å². The fourth-order valence-electron chi connectivity index (χ4n) is 2.47. The average Bonchev–Trinajstić information content (AvgIpc) is 3.02. The zero-order valence-corrected chi connectivity index (χ0v) is 13.1. The van der Waals surface area contributed by atoms with E-state index in [-0.39, 0.29) is 5.91 Å². The maximum atomic E-state index is 11.8. The third kappa shape index (κ3) is 3.97. The Bertz CT molecular complexity index is 502. The number of amides is 1. The Kier molecular flexibility index (Phi) is 5.20. The quantitative estimate of drug-likeness (QED) is 0.678. The van der Waals surface area contributed by atoms with E-state index in [9.17, 15) is 4.79 Å². The van der Waals surface area contributed by atoms with Gasteiger partial charge in [-0.2, -0.15) is 0 Å². The molecule has 5 nitrogen and oxygen atoms in total. The number of likely N-dealkylation sites (tertiary alicyclic amines) is 1. The highest BCUT2D eigenvalue weighted by molar-refractivity contribution is 5.93. The van der Waals surface area contributed by atoms with Crippen LogP contribution in [0.15, 0.2) is 29.3 Å². The summed E-state index contributed by atoms with van der Waals surface area (Å²) in [7, 11) is 5.34. The first-order valence-electron chi connectivity index (χ1n) is 7.38. The van der Waals surface area contributed by atoms with Gasteiger partial charge in [0.05, 0.1) is 0 Å². The van der Waals surface area contributed by atoms with E-state index < -0.39 is 0 Å². The predicted octanol–water partition coefficient (Wildman–Crippen LogP) is 1.56. The summed E-state index contributed by atoms with van der Waals surface area (Å²) in [5, 5.41) is 3.38. The van der Waals surface area contributed by atoms with Crippen LogP contribution in [0.4, 0.5) is 0 Å². The Labute approximate surface area is 126 Å². The molecule has 1 amide bonds. The highest BCUT2D eigenvalue weighted by Gasteiger charge is 2.15. The van der Waals surface area contributed by atoms with Crippen molar-refractivity contribution >= 4 is 11.9 Å². The zero-order chi connectivity index (χ0) is 15.2. The van der Waals surface area contributed by atoms with Crippen molar-refractivity contribution in [1.29, 1.82) is 0 Å². The van der Waals surface area contributed by atoms with Crippen LogP contribution in [-0.2, 0) is 6.54 Å². The number of benzene rings is 1. The van der Waals surface area contributed by atoms with E-state index in [0.717, 1.165) is 31.2 Å². The number of carbonyl (C=O) groups is 1. The third-order valence-electron chi connectivity index (χ3n) is 3.68. The van der Waals surface area contributed by atoms with Gasteiger partial charge in [-0.25, -0.2) is 0 Å². The highest BCUT2D eigenvalue weighted by atomic mass is 16.2. The van der Waals surface area contributed by atoms with Gasteiger partial charge in [0.1, 0.15) is 0 Å². The van der Waals surface area contributed by atoms with E-state index >= 15 is 0 Å². The Hall–Kier alpha value is -2.04. The van der Waals surface area contributed by atoms with Crippen LogP contribution in [0, 0.1) is 0 Å². The standard InChI is InChI=1S/C16H24N4O/c1-17-16(20-10-4-5-11-20)18-12-13-6-8-14(9-7-13)15(21)19(2)3/h6-9H,4-5,10-12H2,1-3H3,(H,17,18). The highest BCUT2D eigenvalue weighted by Crippen LogP contribution is 2.09. The number of carbonyl (C=O) groups excluding carboxylic acids is 1. The van der Waals surface area contributed by atoms with Gasteiger partial charge in [0, 0.05) is 46.3 Å². The summed E-state index contributed by atoms with van der Waals surface area (Å²) in [4.78, 5) is 20.0. The maximum Gasteiger partial charge on any atom is 0.253 e. The van der Waals surface area contributed by atoms with Crippen LogP contribution >= 0.6 is 0 Å². The first kappa shape index (κ1) is 15.4. The molecule has 0 radical (unpaired) electrons. The number of hydrogen-bond donors (Lipinski definition) is 1. The van der Waals surface area contributed by atoms with Gasteiger partial charge in [-0.15, -0.1) is 0 Å². The number of rotatable bonds is 3. The molecular formula is C16H24N4O. The second-order valence-corrected chi connectivity index (χ2v) is 5.49. The van der Waals surface area contributed by atoms with Crippen LogP contribution in [0.25, 0.3) is 0 Å². The molecular weight excluding hydrogens is 264 g/mol. The van der Waals surface area contributed by atoms with Gasteiger partial charge in [0.2, 0.25) is 0 Å². The van der Waals surface area contributed by atoms with Gasteiger partial charge >= 0.3 is 0 Å². The maximum absolute atomic E-state index is 11.8. The molecule has 2 rings (SSSR count). The van der Waals surface area contributed by atoms with Gasteiger partial charge < -0.3 is 15.1 Å². The Morgan fingerprint density at radius 3 is 2.38 bits per heavy atom. The van der Waals surface area contributed by atoms with Crippen LogP contribution < -0.4 is 5.32 Å². The number of nitrogens with zero attached hydrogens (tertiary/aromatic N) is 3. The Balaban J connectivity index is 1.92. The number of nitrogens with one attached hydrogen (secondary N) is 1. The molecule has 21 heavy (non-hydrogen) atoms. The third-order valence-corrected chi connectivity index (χ3v) is 3.68. The average molecular weight is 288 g/mol. The topological polar surface area (TPSA) is 47.9 Å². The Morgan fingerprint density at radius 1 is 1.24 bits per heavy atom. The Morgan fingerprint density at radius 2 is 1.86 bits per heavy atom. The summed E-state index contributed by atoms with van der Waals surface area (Å²) in [6, 6.07) is 7.72. The van der Waals surface area contributed by atoms with E-state index in [2.05, 4.69) is 15.2 Å². The van der Waals surface area contributed by atoms with E-state index in [1.807, 2.05) is 31.3 Å². The summed E-state index contributed by atoms with van der Waals surface area (Å²) in [6.45, 7) is 2.88. The molecule has 114 valence electrons. The van der Waals surface area contributed by atoms with Gasteiger partial charge in [-0.1, -0.05) is 12.1 Å². The second-order valence-electron chi connectivity index (χ2n) is 5.49. The van der Waals surface area contributed by atoms with E-state index in [4.69, 9.17) is 0 Å². The lowest BCUT2D eigenvalue weighted by atomic mass is 10.1.